The lowest BCUT2D eigenvalue weighted by molar-refractivity contribution is -0.387. The van der Waals surface area contributed by atoms with E-state index in [0.29, 0.717) is 11.8 Å². The average molecular weight is 311 g/mol. The highest BCUT2D eigenvalue weighted by Gasteiger charge is 2.44. The molecule has 0 amide bonds. The van der Waals surface area contributed by atoms with Crippen LogP contribution in [-0.4, -0.2) is 19.4 Å². The number of hydrogen-bond donors (Lipinski definition) is 2. The van der Waals surface area contributed by atoms with Crippen LogP contribution in [-0.2, 0) is 10.0 Å². The van der Waals surface area contributed by atoms with Gasteiger partial charge in [0.2, 0.25) is 10.0 Å². The van der Waals surface area contributed by atoms with Crippen molar-refractivity contribution in [2.75, 3.05) is 5.73 Å². The topological polar surface area (TPSA) is 115 Å². The van der Waals surface area contributed by atoms with E-state index >= 15 is 0 Å². The van der Waals surface area contributed by atoms with E-state index in [1.54, 1.807) is 0 Å². The summed E-state index contributed by atoms with van der Waals surface area (Å²) < 4.78 is 27.7. The van der Waals surface area contributed by atoms with E-state index in [0.717, 1.165) is 37.8 Å². The number of hydrogen-bond acceptors (Lipinski definition) is 5. The molecule has 21 heavy (non-hydrogen) atoms. The Bertz CT molecular complexity index is 669. The van der Waals surface area contributed by atoms with E-state index in [2.05, 4.69) is 4.72 Å². The maximum absolute atomic E-state index is 12.5. The molecule has 1 aromatic rings. The van der Waals surface area contributed by atoms with Crippen molar-refractivity contribution in [1.82, 2.24) is 4.72 Å². The van der Waals surface area contributed by atoms with Crippen LogP contribution in [0, 0.1) is 22.0 Å². The quantitative estimate of drug-likeness (QED) is 0.471. The number of sulfonamides is 1. The SMILES string of the molecule is Nc1ccc([N+](=O)[O-])c(S(=O)(=O)NC(C2CC2)C2CC2)c1. The van der Waals surface area contributed by atoms with Gasteiger partial charge in [0.05, 0.1) is 4.92 Å². The number of nitro benzene ring substituents is 1. The number of rotatable bonds is 6. The van der Waals surface area contributed by atoms with Crippen molar-refractivity contribution in [2.45, 2.75) is 36.6 Å². The van der Waals surface area contributed by atoms with E-state index in [9.17, 15) is 18.5 Å². The van der Waals surface area contributed by atoms with Crippen molar-refractivity contribution >= 4 is 21.4 Å². The van der Waals surface area contributed by atoms with Gasteiger partial charge in [-0.05, 0) is 49.7 Å². The minimum atomic E-state index is -3.94. The van der Waals surface area contributed by atoms with Crippen molar-refractivity contribution in [3.8, 4) is 0 Å². The maximum atomic E-state index is 12.5. The van der Waals surface area contributed by atoms with Gasteiger partial charge in [-0.25, -0.2) is 13.1 Å². The molecule has 0 spiro atoms. The summed E-state index contributed by atoms with van der Waals surface area (Å²) >= 11 is 0. The third-order valence-electron chi connectivity index (χ3n) is 4.02. The monoisotopic (exact) mass is 311 g/mol. The molecular weight excluding hydrogens is 294 g/mol. The van der Waals surface area contributed by atoms with Gasteiger partial charge in [-0.1, -0.05) is 0 Å². The molecule has 0 unspecified atom stereocenters. The number of nitrogens with zero attached hydrogens (tertiary/aromatic N) is 1. The van der Waals surface area contributed by atoms with Gasteiger partial charge >= 0.3 is 0 Å². The number of nitrogens with two attached hydrogens (primary N) is 1. The molecule has 2 aliphatic carbocycles. The fraction of sp³-hybridized carbons (Fsp3) is 0.538. The number of nitro groups is 1. The van der Waals surface area contributed by atoms with Gasteiger partial charge in [0.1, 0.15) is 0 Å². The predicted octanol–water partition coefficient (Wildman–Crippen LogP) is 1.64. The standard InChI is InChI=1S/C13H17N3O4S/c14-10-5-6-11(16(17)18)12(7-10)21(19,20)15-13(8-1-2-8)9-3-4-9/h5-9,13,15H,1-4,14H2. The second kappa shape index (κ2) is 4.96. The van der Waals surface area contributed by atoms with Crippen molar-refractivity contribution in [3.05, 3.63) is 28.3 Å². The first-order valence-electron chi connectivity index (χ1n) is 6.95. The Morgan fingerprint density at radius 2 is 1.81 bits per heavy atom. The fourth-order valence-electron chi connectivity index (χ4n) is 2.63. The van der Waals surface area contributed by atoms with E-state index in [1.165, 1.54) is 6.07 Å². The van der Waals surface area contributed by atoms with Gasteiger partial charge in [-0.15, -0.1) is 0 Å². The molecule has 2 fully saturated rings. The van der Waals surface area contributed by atoms with Gasteiger partial charge in [0.25, 0.3) is 5.69 Å². The Hall–Kier alpha value is -1.67. The Labute approximate surface area is 122 Å². The van der Waals surface area contributed by atoms with Crippen molar-refractivity contribution < 1.29 is 13.3 Å². The molecule has 0 aromatic heterocycles. The number of nitrogens with one attached hydrogen (secondary N) is 1. The summed E-state index contributed by atoms with van der Waals surface area (Å²) in [5.74, 6) is 0.736. The molecule has 3 rings (SSSR count). The summed E-state index contributed by atoms with van der Waals surface area (Å²) in [6.45, 7) is 0. The van der Waals surface area contributed by atoms with Crippen molar-refractivity contribution in [1.29, 1.82) is 0 Å². The predicted molar refractivity (Wildman–Crippen MR) is 77.1 cm³/mol. The molecule has 8 heteroatoms. The van der Waals surface area contributed by atoms with Crippen molar-refractivity contribution in [3.63, 3.8) is 0 Å². The third-order valence-corrected chi connectivity index (χ3v) is 5.51. The van der Waals surface area contributed by atoms with E-state index in [4.69, 9.17) is 5.73 Å². The van der Waals surface area contributed by atoms with Crippen LogP contribution < -0.4 is 10.5 Å². The Morgan fingerprint density at radius 3 is 2.29 bits per heavy atom. The van der Waals surface area contributed by atoms with Gasteiger partial charge in [-0.2, -0.15) is 0 Å². The minimum absolute atomic E-state index is 0.101. The first-order valence-corrected chi connectivity index (χ1v) is 8.43. The minimum Gasteiger partial charge on any atom is -0.399 e. The van der Waals surface area contributed by atoms with Crippen LogP contribution in [0.1, 0.15) is 25.7 Å². The molecule has 0 atom stereocenters. The Balaban J connectivity index is 1.93. The van der Waals surface area contributed by atoms with Gasteiger partial charge < -0.3 is 5.73 Å². The molecular formula is C13H17N3O4S. The average Bonchev–Trinajstić information content (AvgIpc) is 3.27. The summed E-state index contributed by atoms with van der Waals surface area (Å²) in [7, 11) is -3.94. The lowest BCUT2D eigenvalue weighted by atomic mass is 10.1. The van der Waals surface area contributed by atoms with E-state index in [1.807, 2.05) is 0 Å². The summed E-state index contributed by atoms with van der Waals surface area (Å²) in [5, 5.41) is 11.0. The molecule has 0 aliphatic heterocycles. The maximum Gasteiger partial charge on any atom is 0.289 e. The molecule has 2 saturated carbocycles. The largest absolute Gasteiger partial charge is 0.399 e. The third kappa shape index (κ3) is 3.01. The van der Waals surface area contributed by atoms with Crippen LogP contribution in [0.5, 0.6) is 0 Å². The molecule has 0 heterocycles. The van der Waals surface area contributed by atoms with Crippen LogP contribution >= 0.6 is 0 Å². The zero-order chi connectivity index (χ0) is 15.2. The lowest BCUT2D eigenvalue weighted by Crippen LogP contribution is -2.38. The zero-order valence-electron chi connectivity index (χ0n) is 11.4. The highest BCUT2D eigenvalue weighted by Crippen LogP contribution is 2.45. The summed E-state index contributed by atoms with van der Waals surface area (Å²) in [4.78, 5) is 9.98. The number of anilines is 1. The van der Waals surface area contributed by atoms with Crippen LogP contribution in [0.25, 0.3) is 0 Å². The molecule has 3 N–H and O–H groups in total. The highest BCUT2D eigenvalue weighted by molar-refractivity contribution is 7.89. The normalized spacial score (nSPS) is 18.9. The van der Waals surface area contributed by atoms with Crippen LogP contribution in [0.3, 0.4) is 0 Å². The molecule has 0 saturated heterocycles. The molecule has 7 nitrogen and oxygen atoms in total. The highest BCUT2D eigenvalue weighted by atomic mass is 32.2. The van der Waals surface area contributed by atoms with Crippen LogP contribution in [0.15, 0.2) is 23.1 Å². The second-order valence-corrected chi connectivity index (χ2v) is 7.49. The second-order valence-electron chi connectivity index (χ2n) is 5.81. The first-order chi connectivity index (χ1) is 9.88. The van der Waals surface area contributed by atoms with Gasteiger partial charge in [0, 0.05) is 17.8 Å². The fourth-order valence-corrected chi connectivity index (χ4v) is 4.21. The zero-order valence-corrected chi connectivity index (χ0v) is 12.2. The summed E-state index contributed by atoms with van der Waals surface area (Å²) in [6, 6.07) is 3.51. The summed E-state index contributed by atoms with van der Waals surface area (Å²) in [6.07, 6.45) is 4.07. The summed E-state index contributed by atoms with van der Waals surface area (Å²) in [5.41, 5.74) is 5.33. The first kappa shape index (κ1) is 14.3. The number of benzene rings is 1. The van der Waals surface area contributed by atoms with Crippen LogP contribution in [0.4, 0.5) is 11.4 Å². The van der Waals surface area contributed by atoms with Crippen LogP contribution in [0.2, 0.25) is 0 Å². The molecule has 0 bridgehead atoms. The molecule has 114 valence electrons. The van der Waals surface area contributed by atoms with Crippen molar-refractivity contribution in [2.24, 2.45) is 11.8 Å². The Morgan fingerprint density at radius 1 is 1.24 bits per heavy atom. The van der Waals surface area contributed by atoms with E-state index < -0.39 is 20.6 Å². The van der Waals surface area contributed by atoms with E-state index in [-0.39, 0.29) is 16.6 Å². The van der Waals surface area contributed by atoms with Gasteiger partial charge in [-0.3, -0.25) is 10.1 Å². The molecule has 2 aliphatic rings. The van der Waals surface area contributed by atoms with Gasteiger partial charge in [0.15, 0.2) is 4.90 Å². The lowest BCUT2D eigenvalue weighted by Gasteiger charge is -2.17. The Kier molecular flexibility index (Phi) is 3.37. The molecule has 1 aromatic carbocycles. The number of nitrogen functional groups attached to an aromatic ring is 1. The molecule has 0 radical (unpaired) electrons. The smallest absolute Gasteiger partial charge is 0.289 e.